The minimum atomic E-state index is -0.555. The molecule has 0 radical (unpaired) electrons. The van der Waals surface area contributed by atoms with Crippen molar-refractivity contribution in [1.82, 2.24) is 0 Å². The van der Waals surface area contributed by atoms with E-state index in [2.05, 4.69) is 10.3 Å². The van der Waals surface area contributed by atoms with Crippen molar-refractivity contribution >= 4 is 40.8 Å². The molecule has 0 fully saturated rings. The molecule has 3 aromatic rings. The molecule has 0 aliphatic carbocycles. The van der Waals surface area contributed by atoms with Gasteiger partial charge in [-0.25, -0.2) is 0 Å². The second kappa shape index (κ2) is 8.25. The van der Waals surface area contributed by atoms with Gasteiger partial charge in [-0.1, -0.05) is 48.0 Å². The number of nitro benzene ring substituents is 1. The molecular weight excluding hydrogens is 366 g/mol. The predicted octanol–water partition coefficient (Wildman–Crippen LogP) is 5.25. The van der Waals surface area contributed by atoms with E-state index in [1.54, 1.807) is 42.5 Å². The van der Waals surface area contributed by atoms with Gasteiger partial charge in [-0.15, -0.1) is 0 Å². The second-order valence-electron chi connectivity index (χ2n) is 5.56. The number of benzene rings is 3. The summed E-state index contributed by atoms with van der Waals surface area (Å²) >= 11 is 5.81. The molecule has 0 bridgehead atoms. The summed E-state index contributed by atoms with van der Waals surface area (Å²) in [5, 5.41) is 13.9. The molecule has 0 aliphatic heterocycles. The average Bonchev–Trinajstić information content (AvgIpc) is 2.68. The highest BCUT2D eigenvalue weighted by Gasteiger charge is 2.13. The first kappa shape index (κ1) is 18.3. The zero-order chi connectivity index (χ0) is 19.2. The van der Waals surface area contributed by atoms with E-state index in [0.717, 1.165) is 0 Å². The van der Waals surface area contributed by atoms with Crippen LogP contribution >= 0.6 is 11.6 Å². The van der Waals surface area contributed by atoms with Gasteiger partial charge in [0.1, 0.15) is 5.02 Å². The maximum atomic E-state index is 12.5. The Kier molecular flexibility index (Phi) is 5.58. The van der Waals surface area contributed by atoms with Crippen LogP contribution in [0.15, 0.2) is 77.8 Å². The SMILES string of the molecule is O=C(Nc1ccccc1)c1ccccc1N=Cc1ccc(Cl)c([N+](=O)[O-])c1. The first-order valence-corrected chi connectivity index (χ1v) is 8.36. The number of aliphatic imine (C=N–C) groups is 1. The van der Waals surface area contributed by atoms with Crippen LogP contribution in [0.25, 0.3) is 0 Å². The van der Waals surface area contributed by atoms with E-state index < -0.39 is 4.92 Å². The summed E-state index contributed by atoms with van der Waals surface area (Å²) in [5.41, 5.74) is 1.82. The van der Waals surface area contributed by atoms with Crippen molar-refractivity contribution in [1.29, 1.82) is 0 Å². The molecule has 0 aromatic heterocycles. The second-order valence-corrected chi connectivity index (χ2v) is 5.97. The van der Waals surface area contributed by atoms with E-state index in [1.807, 2.05) is 18.2 Å². The third-order valence-corrected chi connectivity index (χ3v) is 4.02. The number of halogens is 1. The van der Waals surface area contributed by atoms with E-state index in [4.69, 9.17) is 11.6 Å². The quantitative estimate of drug-likeness (QED) is 0.373. The summed E-state index contributed by atoms with van der Waals surface area (Å²) in [6.45, 7) is 0. The van der Waals surface area contributed by atoms with Gasteiger partial charge >= 0.3 is 0 Å². The van der Waals surface area contributed by atoms with Crippen molar-refractivity contribution in [3.63, 3.8) is 0 Å². The molecule has 27 heavy (non-hydrogen) atoms. The fourth-order valence-corrected chi connectivity index (χ4v) is 2.58. The molecule has 134 valence electrons. The van der Waals surface area contributed by atoms with Crippen LogP contribution in [0, 0.1) is 10.1 Å². The smallest absolute Gasteiger partial charge is 0.288 e. The lowest BCUT2D eigenvalue weighted by atomic mass is 10.1. The number of carbonyl (C=O) groups excluding carboxylic acids is 1. The molecule has 1 N–H and O–H groups in total. The van der Waals surface area contributed by atoms with E-state index in [0.29, 0.717) is 22.5 Å². The zero-order valence-corrected chi connectivity index (χ0v) is 14.8. The fourth-order valence-electron chi connectivity index (χ4n) is 2.39. The van der Waals surface area contributed by atoms with Crippen LogP contribution in [-0.2, 0) is 0 Å². The molecule has 0 spiro atoms. The number of hydrogen-bond donors (Lipinski definition) is 1. The number of carbonyl (C=O) groups is 1. The standard InChI is InChI=1S/C20H14ClN3O3/c21-17-11-10-14(12-19(17)24(26)27)13-22-18-9-5-4-8-16(18)20(25)23-15-6-2-1-3-7-15/h1-13H,(H,23,25). The number of rotatable bonds is 5. The van der Waals surface area contributed by atoms with Gasteiger partial charge in [0.15, 0.2) is 0 Å². The molecule has 1 amide bonds. The van der Waals surface area contributed by atoms with Gasteiger partial charge in [-0.05, 0) is 35.9 Å². The minimum absolute atomic E-state index is 0.0554. The summed E-state index contributed by atoms with van der Waals surface area (Å²) in [4.78, 5) is 27.3. The number of nitrogens with one attached hydrogen (secondary N) is 1. The monoisotopic (exact) mass is 379 g/mol. The number of nitro groups is 1. The van der Waals surface area contributed by atoms with Gasteiger partial charge in [0.25, 0.3) is 11.6 Å². The highest BCUT2D eigenvalue weighted by Crippen LogP contribution is 2.25. The van der Waals surface area contributed by atoms with Crippen molar-refractivity contribution in [2.75, 3.05) is 5.32 Å². The Labute approximate surface area is 160 Å². The number of para-hydroxylation sites is 2. The first-order chi connectivity index (χ1) is 13.0. The Hall–Kier alpha value is -3.51. The van der Waals surface area contributed by atoms with Crippen LogP contribution in [0.5, 0.6) is 0 Å². The topological polar surface area (TPSA) is 84.6 Å². The normalized spacial score (nSPS) is 10.7. The zero-order valence-electron chi connectivity index (χ0n) is 14.0. The van der Waals surface area contributed by atoms with E-state index in [1.165, 1.54) is 18.3 Å². The fraction of sp³-hybridized carbons (Fsp3) is 0. The van der Waals surface area contributed by atoms with Gasteiger partial charge in [-0.2, -0.15) is 0 Å². The van der Waals surface area contributed by atoms with Gasteiger partial charge in [0.2, 0.25) is 0 Å². The summed E-state index contributed by atoms with van der Waals surface area (Å²) < 4.78 is 0. The summed E-state index contributed by atoms with van der Waals surface area (Å²) in [6, 6.07) is 20.3. The molecule has 3 rings (SSSR count). The van der Waals surface area contributed by atoms with Crippen LogP contribution in [0.2, 0.25) is 5.02 Å². The van der Waals surface area contributed by atoms with Crippen molar-refractivity contribution < 1.29 is 9.72 Å². The molecule has 0 heterocycles. The first-order valence-electron chi connectivity index (χ1n) is 7.98. The molecule has 0 saturated carbocycles. The highest BCUT2D eigenvalue weighted by atomic mass is 35.5. The van der Waals surface area contributed by atoms with Crippen molar-refractivity contribution in [3.05, 3.63) is 99.1 Å². The number of anilines is 1. The van der Waals surface area contributed by atoms with Crippen LogP contribution in [0.1, 0.15) is 15.9 Å². The largest absolute Gasteiger partial charge is 0.322 e. The number of nitrogens with zero attached hydrogens (tertiary/aromatic N) is 2. The van der Waals surface area contributed by atoms with Crippen molar-refractivity contribution in [2.45, 2.75) is 0 Å². The Morgan fingerprint density at radius 2 is 1.74 bits per heavy atom. The van der Waals surface area contributed by atoms with Crippen molar-refractivity contribution in [2.24, 2.45) is 4.99 Å². The van der Waals surface area contributed by atoms with E-state index in [9.17, 15) is 14.9 Å². The lowest BCUT2D eigenvalue weighted by molar-refractivity contribution is -0.384. The molecule has 7 heteroatoms. The Balaban J connectivity index is 1.86. The highest BCUT2D eigenvalue weighted by molar-refractivity contribution is 6.32. The third-order valence-electron chi connectivity index (χ3n) is 3.70. The van der Waals surface area contributed by atoms with Gasteiger partial charge in [0.05, 0.1) is 16.2 Å². The Morgan fingerprint density at radius 1 is 1.04 bits per heavy atom. The third kappa shape index (κ3) is 4.56. The van der Waals surface area contributed by atoms with E-state index >= 15 is 0 Å². The molecule has 0 saturated heterocycles. The van der Waals surface area contributed by atoms with E-state index in [-0.39, 0.29) is 16.6 Å². The summed E-state index contributed by atoms with van der Waals surface area (Å²) in [5.74, 6) is -0.295. The molecule has 6 nitrogen and oxygen atoms in total. The van der Waals surface area contributed by atoms with Crippen LogP contribution in [0.4, 0.5) is 17.1 Å². The summed E-state index contributed by atoms with van der Waals surface area (Å²) in [6.07, 6.45) is 1.46. The van der Waals surface area contributed by atoms with Gasteiger partial charge in [-0.3, -0.25) is 19.9 Å². The van der Waals surface area contributed by atoms with Gasteiger partial charge < -0.3 is 5.32 Å². The minimum Gasteiger partial charge on any atom is -0.322 e. The number of amides is 1. The molecule has 0 unspecified atom stereocenters. The summed E-state index contributed by atoms with van der Waals surface area (Å²) in [7, 11) is 0. The molecule has 0 aliphatic rings. The number of hydrogen-bond acceptors (Lipinski definition) is 4. The Morgan fingerprint density at radius 3 is 2.48 bits per heavy atom. The predicted molar refractivity (Wildman–Crippen MR) is 106 cm³/mol. The molecule has 0 atom stereocenters. The maximum Gasteiger partial charge on any atom is 0.288 e. The van der Waals surface area contributed by atoms with Crippen molar-refractivity contribution in [3.8, 4) is 0 Å². The average molecular weight is 380 g/mol. The lowest BCUT2D eigenvalue weighted by Gasteiger charge is -2.07. The van der Waals surface area contributed by atoms with Crippen LogP contribution in [0.3, 0.4) is 0 Å². The maximum absolute atomic E-state index is 12.5. The Bertz CT molecular complexity index is 1020. The molecular formula is C20H14ClN3O3. The molecule has 3 aromatic carbocycles. The van der Waals surface area contributed by atoms with Gasteiger partial charge in [0, 0.05) is 18.0 Å². The van der Waals surface area contributed by atoms with Crippen LogP contribution in [-0.4, -0.2) is 17.0 Å². The van der Waals surface area contributed by atoms with Crippen LogP contribution < -0.4 is 5.32 Å². The lowest BCUT2D eigenvalue weighted by Crippen LogP contribution is -2.11.